The van der Waals surface area contributed by atoms with Gasteiger partial charge in [-0.3, -0.25) is 14.5 Å². The number of fused-ring (bicyclic) bond motifs is 1. The van der Waals surface area contributed by atoms with E-state index in [0.717, 1.165) is 17.6 Å². The second kappa shape index (κ2) is 7.56. The topological polar surface area (TPSA) is 127 Å². The summed E-state index contributed by atoms with van der Waals surface area (Å²) in [6.45, 7) is 1.73. The number of thiazole rings is 1. The lowest BCUT2D eigenvalue weighted by Gasteiger charge is -2.24. The summed E-state index contributed by atoms with van der Waals surface area (Å²) in [5, 5.41) is 11.0. The molecule has 1 aromatic carbocycles. The van der Waals surface area contributed by atoms with Crippen molar-refractivity contribution in [1.29, 1.82) is 0 Å². The van der Waals surface area contributed by atoms with Crippen LogP contribution in [0.5, 0.6) is 0 Å². The lowest BCUT2D eigenvalue weighted by atomic mass is 9.95. The predicted molar refractivity (Wildman–Crippen MR) is 120 cm³/mol. The van der Waals surface area contributed by atoms with Crippen LogP contribution in [0.15, 0.2) is 69.3 Å². The summed E-state index contributed by atoms with van der Waals surface area (Å²) in [5.41, 5.74) is 0.874. The van der Waals surface area contributed by atoms with Crippen molar-refractivity contribution < 1.29 is 32.3 Å². The minimum absolute atomic E-state index is 0.0921. The molecular weight excluding hydrogens is 468 g/mol. The Hall–Kier alpha value is -3.44. The van der Waals surface area contributed by atoms with E-state index in [9.17, 15) is 23.1 Å². The Bertz CT molecular complexity index is 1470. The van der Waals surface area contributed by atoms with Crippen molar-refractivity contribution >= 4 is 48.2 Å². The van der Waals surface area contributed by atoms with Gasteiger partial charge in [0, 0.05) is 18.2 Å². The summed E-state index contributed by atoms with van der Waals surface area (Å²) in [4.78, 5) is 32.3. The molecule has 5 rings (SSSR count). The van der Waals surface area contributed by atoms with Crippen molar-refractivity contribution in [3.05, 3.63) is 65.5 Å². The van der Waals surface area contributed by atoms with Crippen molar-refractivity contribution in [1.82, 2.24) is 4.98 Å². The number of anilines is 1. The molecule has 2 aromatic heterocycles. The number of sulfone groups is 1. The summed E-state index contributed by atoms with van der Waals surface area (Å²) >= 11 is 1.09. The number of Topliss-reactive ketones (excluding diaryl/α,β-unsaturated/α-hetero) is 1. The molecule has 3 aromatic rings. The molecule has 11 heteroatoms. The van der Waals surface area contributed by atoms with E-state index in [4.69, 9.17) is 9.15 Å². The van der Waals surface area contributed by atoms with Crippen molar-refractivity contribution in [2.45, 2.75) is 30.4 Å². The number of hydrogen-bond donors (Lipinski definition) is 1. The molecule has 2 unspecified atom stereocenters. The fraction of sp³-hybridized carbons (Fsp3) is 0.227. The zero-order valence-corrected chi connectivity index (χ0v) is 19.1. The molecule has 2 aliphatic rings. The highest BCUT2D eigenvalue weighted by Gasteiger charge is 2.48. The maximum absolute atomic E-state index is 13.3. The Morgan fingerprint density at radius 1 is 1.30 bits per heavy atom. The number of carbonyl (C=O) groups excluding carboxylic acids is 2. The first-order chi connectivity index (χ1) is 15.6. The number of aliphatic hydroxyl groups excluding tert-OH is 1. The molecule has 170 valence electrons. The molecule has 1 amide bonds. The molecule has 2 aliphatic heterocycles. The number of nitrogens with zero attached hydrogens (tertiary/aromatic N) is 2. The number of benzene rings is 1. The molecule has 0 saturated carbocycles. The van der Waals surface area contributed by atoms with Crippen LogP contribution in [-0.2, 0) is 24.2 Å². The van der Waals surface area contributed by atoms with Crippen LogP contribution in [0, 0.1) is 0 Å². The number of furan rings is 1. The fourth-order valence-electron chi connectivity index (χ4n) is 3.95. The summed E-state index contributed by atoms with van der Waals surface area (Å²) in [6, 6.07) is 5.12. The van der Waals surface area contributed by atoms with E-state index in [0.29, 0.717) is 28.0 Å². The lowest BCUT2D eigenvalue weighted by Crippen LogP contribution is -2.32. The van der Waals surface area contributed by atoms with Crippen LogP contribution in [0.3, 0.4) is 0 Å². The summed E-state index contributed by atoms with van der Waals surface area (Å²) < 4.78 is 35.1. The Balaban J connectivity index is 1.60. The van der Waals surface area contributed by atoms with Gasteiger partial charge in [0.2, 0.25) is 5.78 Å². The third-order valence-corrected chi connectivity index (χ3v) is 7.68. The summed E-state index contributed by atoms with van der Waals surface area (Å²) in [5.74, 6) is -1.35. The normalized spacial score (nSPS) is 21.1. The maximum Gasteiger partial charge on any atom is 0.296 e. The van der Waals surface area contributed by atoms with Crippen LogP contribution in [0.2, 0.25) is 0 Å². The molecule has 0 aliphatic carbocycles. The van der Waals surface area contributed by atoms with Crippen LogP contribution in [0.25, 0.3) is 10.2 Å². The van der Waals surface area contributed by atoms with Crippen LogP contribution in [0.1, 0.15) is 24.9 Å². The third-order valence-electron chi connectivity index (χ3n) is 5.56. The van der Waals surface area contributed by atoms with Gasteiger partial charge in [0.05, 0.1) is 39.0 Å². The van der Waals surface area contributed by atoms with E-state index >= 15 is 0 Å². The standard InChI is InChI=1S/C22H18N2O7S2/c1-11-3-6-15(31-11)19(25)17-18(12-7-8-30-10-12)24(21(27)20(17)26)22-23-14-5-4-13(33(2,28)29)9-16(14)32-22/h3-5,7-10,15,18,26H,6H2,1-2H3. The fourth-order valence-corrected chi connectivity index (χ4v) is 5.71. The average molecular weight is 487 g/mol. The van der Waals surface area contributed by atoms with E-state index in [1.54, 1.807) is 25.1 Å². The van der Waals surface area contributed by atoms with Gasteiger partial charge in [-0.2, -0.15) is 0 Å². The zero-order chi connectivity index (χ0) is 23.5. The molecule has 0 saturated heterocycles. The van der Waals surface area contributed by atoms with Crippen LogP contribution in [-0.4, -0.2) is 42.6 Å². The van der Waals surface area contributed by atoms with Gasteiger partial charge >= 0.3 is 0 Å². The molecule has 1 N–H and O–H groups in total. The van der Waals surface area contributed by atoms with Gasteiger partial charge in [0.25, 0.3) is 5.91 Å². The Kier molecular flexibility index (Phi) is 4.91. The molecule has 0 radical (unpaired) electrons. The highest BCUT2D eigenvalue weighted by molar-refractivity contribution is 7.90. The average Bonchev–Trinajstić information content (AvgIpc) is 3.53. The Morgan fingerprint density at radius 2 is 2.09 bits per heavy atom. The monoisotopic (exact) mass is 486 g/mol. The predicted octanol–water partition coefficient (Wildman–Crippen LogP) is 3.45. The van der Waals surface area contributed by atoms with Gasteiger partial charge in [0.15, 0.2) is 26.8 Å². The number of hydrogen-bond acceptors (Lipinski definition) is 9. The van der Waals surface area contributed by atoms with Gasteiger partial charge in [0.1, 0.15) is 6.04 Å². The molecule has 0 fully saturated rings. The van der Waals surface area contributed by atoms with Gasteiger partial charge in [-0.05, 0) is 37.3 Å². The number of aromatic nitrogens is 1. The second-order valence-electron chi connectivity index (χ2n) is 7.82. The maximum atomic E-state index is 13.3. The molecule has 0 spiro atoms. The summed E-state index contributed by atoms with van der Waals surface area (Å²) in [6.07, 6.45) is 5.18. The number of allylic oxidation sites excluding steroid dienone is 1. The number of carbonyl (C=O) groups is 2. The van der Waals surface area contributed by atoms with Gasteiger partial charge in [-0.25, -0.2) is 13.4 Å². The largest absolute Gasteiger partial charge is 0.503 e. The van der Waals surface area contributed by atoms with Crippen molar-refractivity contribution in [3.63, 3.8) is 0 Å². The first-order valence-corrected chi connectivity index (χ1v) is 12.6. The lowest BCUT2D eigenvalue weighted by molar-refractivity contribution is -0.124. The zero-order valence-electron chi connectivity index (χ0n) is 17.5. The van der Waals surface area contributed by atoms with E-state index in [1.807, 2.05) is 0 Å². The highest BCUT2D eigenvalue weighted by Crippen LogP contribution is 2.44. The van der Waals surface area contributed by atoms with Crippen LogP contribution in [0.4, 0.5) is 5.13 Å². The van der Waals surface area contributed by atoms with Crippen LogP contribution >= 0.6 is 11.3 Å². The number of aliphatic hydroxyl groups is 1. The molecular formula is C22H18N2O7S2. The summed E-state index contributed by atoms with van der Waals surface area (Å²) in [7, 11) is -3.43. The molecule has 4 heterocycles. The van der Waals surface area contributed by atoms with Crippen molar-refractivity contribution in [2.24, 2.45) is 0 Å². The number of ketones is 1. The molecule has 0 bridgehead atoms. The molecule has 9 nitrogen and oxygen atoms in total. The first-order valence-electron chi connectivity index (χ1n) is 9.92. The quantitative estimate of drug-likeness (QED) is 0.581. The number of ether oxygens (including phenoxy) is 1. The Labute approximate surface area is 192 Å². The minimum atomic E-state index is -3.43. The van der Waals surface area contributed by atoms with Gasteiger partial charge in [-0.15, -0.1) is 0 Å². The van der Waals surface area contributed by atoms with E-state index in [2.05, 4.69) is 4.98 Å². The van der Waals surface area contributed by atoms with Crippen LogP contribution < -0.4 is 4.90 Å². The smallest absolute Gasteiger partial charge is 0.296 e. The Morgan fingerprint density at radius 3 is 2.73 bits per heavy atom. The van der Waals surface area contributed by atoms with E-state index < -0.39 is 39.4 Å². The first kappa shape index (κ1) is 21.4. The molecule has 33 heavy (non-hydrogen) atoms. The van der Waals surface area contributed by atoms with E-state index in [-0.39, 0.29) is 15.6 Å². The van der Waals surface area contributed by atoms with E-state index in [1.165, 1.54) is 29.6 Å². The van der Waals surface area contributed by atoms with Crippen molar-refractivity contribution in [2.75, 3.05) is 11.2 Å². The van der Waals surface area contributed by atoms with Gasteiger partial charge in [-0.1, -0.05) is 11.3 Å². The second-order valence-corrected chi connectivity index (χ2v) is 10.8. The molecule has 2 atom stereocenters. The third kappa shape index (κ3) is 3.53. The highest BCUT2D eigenvalue weighted by atomic mass is 32.2. The van der Waals surface area contributed by atoms with Gasteiger partial charge < -0.3 is 14.3 Å². The number of rotatable bonds is 5. The number of amides is 1. The van der Waals surface area contributed by atoms with Crippen molar-refractivity contribution in [3.8, 4) is 0 Å². The SMILES string of the molecule is CC1=CCC(C(=O)C2=C(O)C(=O)N(c3nc4ccc(S(C)(=O)=O)cc4s3)C2c2ccoc2)O1. The minimum Gasteiger partial charge on any atom is -0.503 e.